The molecule has 0 amide bonds. The lowest BCUT2D eigenvalue weighted by Crippen LogP contribution is -1.87. The summed E-state index contributed by atoms with van der Waals surface area (Å²) in [5, 5.41) is 21.0. The quantitative estimate of drug-likeness (QED) is 0.604. The Morgan fingerprint density at radius 3 is 2.91 bits per heavy atom. The molecule has 3 aromatic rings. The first-order valence-electron chi connectivity index (χ1n) is 6.93. The van der Waals surface area contributed by atoms with Crippen LogP contribution in [0.1, 0.15) is 24.3 Å². The average molecular weight is 331 g/mol. The van der Waals surface area contributed by atoms with Gasteiger partial charge in [0.2, 0.25) is 0 Å². The zero-order valence-corrected chi connectivity index (χ0v) is 14.0. The number of fused-ring (bicyclic) bond motifs is 1. The topological polar surface area (TPSA) is 71.8 Å². The van der Waals surface area contributed by atoms with E-state index >= 15 is 0 Å². The number of aromatic amines is 1. The number of thiophene rings is 1. The molecule has 0 aliphatic rings. The van der Waals surface area contributed by atoms with Crippen molar-refractivity contribution in [3.8, 4) is 6.07 Å². The molecule has 6 heteroatoms. The summed E-state index contributed by atoms with van der Waals surface area (Å²) in [5.74, 6) is 0. The Kier molecular flexibility index (Phi) is 5.90. The third kappa shape index (κ3) is 3.45. The fourth-order valence-electron chi connectivity index (χ4n) is 1.94. The molecular formula is C16H17N3OS2. The third-order valence-electron chi connectivity index (χ3n) is 2.90. The normalized spacial score (nSPS) is 9.91. The molecule has 3 rings (SSSR count). The van der Waals surface area contributed by atoms with Gasteiger partial charge < -0.3 is 14.8 Å². The van der Waals surface area contributed by atoms with Crippen molar-refractivity contribution in [2.24, 2.45) is 0 Å². The number of H-pyrrole nitrogens is 1. The molecule has 22 heavy (non-hydrogen) atoms. The number of nitriles is 1. The van der Waals surface area contributed by atoms with Gasteiger partial charge in [0.15, 0.2) is 0 Å². The van der Waals surface area contributed by atoms with E-state index in [1.165, 1.54) is 23.3 Å². The number of hydrogen-bond acceptors (Lipinski definition) is 5. The van der Waals surface area contributed by atoms with Crippen molar-refractivity contribution in [2.45, 2.75) is 25.3 Å². The minimum absolute atomic E-state index is 0.0724. The highest BCUT2D eigenvalue weighted by Gasteiger charge is 2.07. The van der Waals surface area contributed by atoms with E-state index in [1.807, 2.05) is 43.5 Å². The number of anilines is 1. The molecule has 2 heterocycles. The zero-order valence-electron chi connectivity index (χ0n) is 12.4. The van der Waals surface area contributed by atoms with Crippen molar-refractivity contribution in [2.75, 3.05) is 4.72 Å². The molecule has 3 N–H and O–H groups in total. The van der Waals surface area contributed by atoms with Gasteiger partial charge in [-0.3, -0.25) is 0 Å². The first kappa shape index (κ1) is 16.4. The molecular weight excluding hydrogens is 314 g/mol. The fraction of sp³-hybridized carbons (Fsp3) is 0.188. The zero-order chi connectivity index (χ0) is 15.9. The van der Waals surface area contributed by atoms with Gasteiger partial charge in [0.05, 0.1) is 23.4 Å². The predicted octanol–water partition coefficient (Wildman–Crippen LogP) is 4.74. The second-order valence-corrected chi connectivity index (χ2v) is 6.03. The highest BCUT2D eigenvalue weighted by molar-refractivity contribution is 8.00. The summed E-state index contributed by atoms with van der Waals surface area (Å²) in [5.41, 5.74) is 2.51. The number of nitrogens with one attached hydrogen (secondary N) is 2. The van der Waals surface area contributed by atoms with Crippen molar-refractivity contribution < 1.29 is 5.11 Å². The Balaban J connectivity index is 0.000000847. The van der Waals surface area contributed by atoms with E-state index in [0.29, 0.717) is 5.56 Å². The molecule has 0 unspecified atom stereocenters. The van der Waals surface area contributed by atoms with Crippen LogP contribution < -0.4 is 4.72 Å². The molecule has 0 aliphatic heterocycles. The highest BCUT2D eigenvalue weighted by atomic mass is 32.2. The van der Waals surface area contributed by atoms with Crippen molar-refractivity contribution in [1.29, 1.82) is 5.26 Å². The van der Waals surface area contributed by atoms with E-state index in [-0.39, 0.29) is 6.61 Å². The Morgan fingerprint density at radius 1 is 1.41 bits per heavy atom. The summed E-state index contributed by atoms with van der Waals surface area (Å²) in [6.45, 7) is 4.07. The molecule has 0 fully saturated rings. The van der Waals surface area contributed by atoms with Gasteiger partial charge in [-0.1, -0.05) is 26.0 Å². The predicted molar refractivity (Wildman–Crippen MR) is 94.1 cm³/mol. The molecule has 1 aromatic carbocycles. The molecule has 0 atom stereocenters. The van der Waals surface area contributed by atoms with Crippen LogP contribution >= 0.6 is 23.3 Å². The molecule has 114 valence electrons. The molecule has 0 saturated carbocycles. The maximum Gasteiger partial charge on any atom is 0.101 e. The lowest BCUT2D eigenvalue weighted by atomic mass is 10.2. The Labute approximate surface area is 137 Å². The molecule has 0 radical (unpaired) electrons. The molecule has 2 aromatic heterocycles. The monoisotopic (exact) mass is 331 g/mol. The number of benzene rings is 1. The van der Waals surface area contributed by atoms with Gasteiger partial charge in [0, 0.05) is 26.7 Å². The highest BCUT2D eigenvalue weighted by Crippen LogP contribution is 2.30. The van der Waals surface area contributed by atoms with Crippen molar-refractivity contribution >= 4 is 39.9 Å². The van der Waals surface area contributed by atoms with Crippen LogP contribution in [0.4, 0.5) is 5.69 Å². The summed E-state index contributed by atoms with van der Waals surface area (Å²) in [4.78, 5) is 5.13. The maximum atomic E-state index is 9.05. The number of nitrogens with zero attached hydrogens (tertiary/aromatic N) is 1. The number of aliphatic hydroxyl groups is 1. The third-order valence-corrected chi connectivity index (χ3v) is 4.76. The summed E-state index contributed by atoms with van der Waals surface area (Å²) in [6, 6.07) is 9.94. The number of rotatable bonds is 4. The SMILES string of the molecule is CC.N#Cc1c[nH]c2c(NSc3csc(CO)c3)cccc12. The van der Waals surface area contributed by atoms with Gasteiger partial charge in [0.25, 0.3) is 0 Å². The fourth-order valence-corrected chi connectivity index (χ4v) is 3.56. The maximum absolute atomic E-state index is 9.05. The van der Waals surface area contributed by atoms with Crippen LogP contribution in [0.15, 0.2) is 40.7 Å². The lowest BCUT2D eigenvalue weighted by molar-refractivity contribution is 0.285. The van der Waals surface area contributed by atoms with Crippen LogP contribution in [-0.2, 0) is 6.61 Å². The summed E-state index contributed by atoms with van der Waals surface area (Å²) in [7, 11) is 0. The van der Waals surface area contributed by atoms with Gasteiger partial charge in [-0.2, -0.15) is 5.26 Å². The van der Waals surface area contributed by atoms with E-state index in [4.69, 9.17) is 10.4 Å². The van der Waals surface area contributed by atoms with Gasteiger partial charge in [-0.05, 0) is 24.1 Å². The van der Waals surface area contributed by atoms with Crippen LogP contribution in [0.25, 0.3) is 10.9 Å². The average Bonchev–Trinajstić information content (AvgIpc) is 3.21. The van der Waals surface area contributed by atoms with E-state index < -0.39 is 0 Å². The van der Waals surface area contributed by atoms with Crippen molar-refractivity contribution in [3.63, 3.8) is 0 Å². The van der Waals surface area contributed by atoms with E-state index in [1.54, 1.807) is 6.20 Å². The van der Waals surface area contributed by atoms with Crippen molar-refractivity contribution in [1.82, 2.24) is 4.98 Å². The van der Waals surface area contributed by atoms with E-state index in [2.05, 4.69) is 15.8 Å². The van der Waals surface area contributed by atoms with Crippen LogP contribution in [0.5, 0.6) is 0 Å². The van der Waals surface area contributed by atoms with Crippen LogP contribution in [0.3, 0.4) is 0 Å². The van der Waals surface area contributed by atoms with Gasteiger partial charge >= 0.3 is 0 Å². The summed E-state index contributed by atoms with van der Waals surface area (Å²) >= 11 is 3.02. The molecule has 0 bridgehead atoms. The molecule has 0 spiro atoms. The Hall–Kier alpha value is -1.94. The first-order chi connectivity index (χ1) is 10.8. The van der Waals surface area contributed by atoms with Gasteiger partial charge in [0.1, 0.15) is 6.07 Å². The Morgan fingerprint density at radius 2 is 2.23 bits per heavy atom. The minimum atomic E-state index is 0.0724. The van der Waals surface area contributed by atoms with Gasteiger partial charge in [-0.15, -0.1) is 11.3 Å². The number of aromatic nitrogens is 1. The second-order valence-electron chi connectivity index (χ2n) is 4.15. The van der Waals surface area contributed by atoms with Crippen LogP contribution in [-0.4, -0.2) is 10.1 Å². The molecule has 0 aliphatic carbocycles. The summed E-state index contributed by atoms with van der Waals surface area (Å²) in [6.07, 6.45) is 1.72. The van der Waals surface area contributed by atoms with Crippen LogP contribution in [0, 0.1) is 11.3 Å². The Bertz CT molecular complexity index is 786. The minimum Gasteiger partial charge on any atom is -0.391 e. The standard InChI is InChI=1S/C14H11N3OS2.C2H6/c15-5-9-6-16-14-12(9)2-1-3-13(14)17-20-11-4-10(7-18)19-8-11;1-2/h1-4,6,8,16-18H,7H2;1-2H3. The number of para-hydroxylation sites is 1. The second kappa shape index (κ2) is 7.90. The summed E-state index contributed by atoms with van der Waals surface area (Å²) < 4.78 is 3.28. The first-order valence-corrected chi connectivity index (χ1v) is 8.63. The lowest BCUT2D eigenvalue weighted by Gasteiger charge is -2.05. The largest absolute Gasteiger partial charge is 0.391 e. The van der Waals surface area contributed by atoms with E-state index in [0.717, 1.165) is 26.4 Å². The number of aliphatic hydroxyl groups excluding tert-OH is 1. The van der Waals surface area contributed by atoms with Gasteiger partial charge in [-0.25, -0.2) is 0 Å². The number of hydrogen-bond donors (Lipinski definition) is 3. The molecule has 4 nitrogen and oxygen atoms in total. The smallest absolute Gasteiger partial charge is 0.101 e. The molecule has 0 saturated heterocycles. The van der Waals surface area contributed by atoms with E-state index in [9.17, 15) is 0 Å². The van der Waals surface area contributed by atoms with Crippen LogP contribution in [0.2, 0.25) is 0 Å². The van der Waals surface area contributed by atoms with Crippen molar-refractivity contribution in [3.05, 3.63) is 46.3 Å².